The minimum atomic E-state index is -0.0265. The quantitative estimate of drug-likeness (QED) is 0.576. The van der Waals surface area contributed by atoms with Gasteiger partial charge in [0.2, 0.25) is 17.7 Å². The zero-order chi connectivity index (χ0) is 18.9. The molecular formula is C19H22N4O3S. The maximum absolute atomic E-state index is 11.9. The second kappa shape index (κ2) is 9.82. The fourth-order valence-corrected chi connectivity index (χ4v) is 3.16. The largest absolute Gasteiger partial charge is 0.497 e. The molecule has 0 aliphatic carbocycles. The van der Waals surface area contributed by atoms with Gasteiger partial charge in [0.25, 0.3) is 0 Å². The van der Waals surface area contributed by atoms with Gasteiger partial charge in [0.1, 0.15) is 5.75 Å². The highest BCUT2D eigenvalue weighted by Gasteiger charge is 2.09. The summed E-state index contributed by atoms with van der Waals surface area (Å²) in [6.45, 7) is 0.582. The van der Waals surface area contributed by atoms with E-state index in [0.717, 1.165) is 29.8 Å². The molecule has 3 rings (SSSR count). The SMILES string of the molecule is COc1cccc(CCc2nnc(CCC(=O)NCCc3cscn3)o2)c1. The van der Waals surface area contributed by atoms with Gasteiger partial charge in [-0.3, -0.25) is 4.79 Å². The number of carbonyl (C=O) groups is 1. The van der Waals surface area contributed by atoms with Crippen LogP contribution < -0.4 is 10.1 Å². The van der Waals surface area contributed by atoms with Crippen molar-refractivity contribution >= 4 is 17.2 Å². The third-order valence-electron chi connectivity index (χ3n) is 4.02. The Morgan fingerprint density at radius 1 is 1.19 bits per heavy atom. The summed E-state index contributed by atoms with van der Waals surface area (Å²) in [7, 11) is 1.65. The number of benzene rings is 1. The van der Waals surface area contributed by atoms with Crippen LogP contribution in [0.4, 0.5) is 0 Å². The summed E-state index contributed by atoms with van der Waals surface area (Å²) in [6, 6.07) is 7.90. The molecule has 1 aromatic carbocycles. The standard InChI is InChI=1S/C19H22N4O3S/c1-25-16-4-2-3-14(11-16)5-7-18-22-23-19(26-18)8-6-17(24)20-10-9-15-12-27-13-21-15/h2-4,11-13H,5-10H2,1H3,(H,20,24). The summed E-state index contributed by atoms with van der Waals surface area (Å²) >= 11 is 1.55. The Hall–Kier alpha value is -2.74. The van der Waals surface area contributed by atoms with E-state index in [1.54, 1.807) is 24.0 Å². The number of aryl methyl sites for hydroxylation is 3. The van der Waals surface area contributed by atoms with Crippen molar-refractivity contribution < 1.29 is 13.9 Å². The van der Waals surface area contributed by atoms with Gasteiger partial charge >= 0.3 is 0 Å². The number of rotatable bonds is 10. The Bertz CT molecular complexity index is 848. The second-order valence-corrected chi connectivity index (χ2v) is 6.74. The summed E-state index contributed by atoms with van der Waals surface area (Å²) in [6.07, 6.45) is 2.95. The fourth-order valence-electron chi connectivity index (χ4n) is 2.57. The second-order valence-electron chi connectivity index (χ2n) is 6.02. The first kappa shape index (κ1) is 19.0. The first-order valence-corrected chi connectivity index (χ1v) is 9.75. The highest BCUT2D eigenvalue weighted by molar-refractivity contribution is 7.07. The minimum absolute atomic E-state index is 0.0265. The van der Waals surface area contributed by atoms with Crippen LogP contribution in [0.3, 0.4) is 0 Å². The average molecular weight is 386 g/mol. The average Bonchev–Trinajstić information content (AvgIpc) is 3.37. The van der Waals surface area contributed by atoms with Crippen molar-refractivity contribution in [3.63, 3.8) is 0 Å². The smallest absolute Gasteiger partial charge is 0.220 e. The molecule has 0 fully saturated rings. The lowest BCUT2D eigenvalue weighted by Gasteiger charge is -2.03. The molecule has 0 spiro atoms. The molecule has 2 heterocycles. The number of hydrogen-bond acceptors (Lipinski definition) is 7. The van der Waals surface area contributed by atoms with E-state index in [2.05, 4.69) is 20.5 Å². The van der Waals surface area contributed by atoms with Gasteiger partial charge < -0.3 is 14.5 Å². The predicted molar refractivity (Wildman–Crippen MR) is 102 cm³/mol. The first-order valence-electron chi connectivity index (χ1n) is 8.81. The molecule has 0 radical (unpaired) electrons. The van der Waals surface area contributed by atoms with Crippen LogP contribution in [0, 0.1) is 0 Å². The van der Waals surface area contributed by atoms with Crippen LogP contribution in [0.5, 0.6) is 5.75 Å². The van der Waals surface area contributed by atoms with Gasteiger partial charge in [-0.15, -0.1) is 21.5 Å². The minimum Gasteiger partial charge on any atom is -0.497 e. The molecule has 0 saturated carbocycles. The van der Waals surface area contributed by atoms with E-state index in [1.165, 1.54) is 0 Å². The molecule has 1 N–H and O–H groups in total. The Kier molecular flexibility index (Phi) is 6.92. The Morgan fingerprint density at radius 3 is 2.81 bits per heavy atom. The van der Waals surface area contributed by atoms with E-state index >= 15 is 0 Å². The maximum Gasteiger partial charge on any atom is 0.220 e. The molecular weight excluding hydrogens is 364 g/mol. The van der Waals surface area contributed by atoms with Crippen LogP contribution in [0.25, 0.3) is 0 Å². The topological polar surface area (TPSA) is 90.1 Å². The molecule has 0 unspecified atom stereocenters. The van der Waals surface area contributed by atoms with Crippen molar-refractivity contribution in [3.05, 3.63) is 58.2 Å². The van der Waals surface area contributed by atoms with Crippen molar-refractivity contribution in [2.45, 2.75) is 32.1 Å². The molecule has 0 saturated heterocycles. The van der Waals surface area contributed by atoms with E-state index in [1.807, 2.05) is 29.6 Å². The molecule has 0 aliphatic heterocycles. The van der Waals surface area contributed by atoms with Gasteiger partial charge in [0, 0.05) is 37.6 Å². The van der Waals surface area contributed by atoms with Crippen molar-refractivity contribution in [2.75, 3.05) is 13.7 Å². The van der Waals surface area contributed by atoms with Crippen molar-refractivity contribution in [2.24, 2.45) is 0 Å². The fraction of sp³-hybridized carbons (Fsp3) is 0.368. The van der Waals surface area contributed by atoms with Crippen LogP contribution in [0.15, 0.2) is 39.6 Å². The third kappa shape index (κ3) is 6.18. The molecule has 27 heavy (non-hydrogen) atoms. The lowest BCUT2D eigenvalue weighted by Crippen LogP contribution is -2.25. The van der Waals surface area contributed by atoms with E-state index in [0.29, 0.717) is 37.6 Å². The maximum atomic E-state index is 11.9. The first-order chi connectivity index (χ1) is 13.2. The lowest BCUT2D eigenvalue weighted by molar-refractivity contribution is -0.121. The van der Waals surface area contributed by atoms with Crippen molar-refractivity contribution in [1.29, 1.82) is 0 Å². The van der Waals surface area contributed by atoms with Crippen LogP contribution in [0.1, 0.15) is 29.5 Å². The van der Waals surface area contributed by atoms with Gasteiger partial charge in [-0.25, -0.2) is 4.98 Å². The van der Waals surface area contributed by atoms with Crippen molar-refractivity contribution in [1.82, 2.24) is 20.5 Å². The Balaban J connectivity index is 1.37. The number of carbonyl (C=O) groups excluding carboxylic acids is 1. The molecule has 142 valence electrons. The predicted octanol–water partition coefficient (Wildman–Crippen LogP) is 2.61. The number of thiazole rings is 1. The van der Waals surface area contributed by atoms with Gasteiger partial charge in [-0.05, 0) is 24.1 Å². The number of ether oxygens (including phenoxy) is 1. The zero-order valence-electron chi connectivity index (χ0n) is 15.2. The lowest BCUT2D eigenvalue weighted by atomic mass is 10.1. The van der Waals surface area contributed by atoms with E-state index < -0.39 is 0 Å². The molecule has 7 nitrogen and oxygen atoms in total. The van der Waals surface area contributed by atoms with Gasteiger partial charge in [0.15, 0.2) is 0 Å². The van der Waals surface area contributed by atoms with E-state index in [-0.39, 0.29) is 5.91 Å². The summed E-state index contributed by atoms with van der Waals surface area (Å²) in [4.78, 5) is 16.1. The van der Waals surface area contributed by atoms with Crippen LogP contribution in [0.2, 0.25) is 0 Å². The number of aromatic nitrogens is 3. The highest BCUT2D eigenvalue weighted by Crippen LogP contribution is 2.14. The van der Waals surface area contributed by atoms with E-state index in [4.69, 9.17) is 9.15 Å². The highest BCUT2D eigenvalue weighted by atomic mass is 32.1. The zero-order valence-corrected chi connectivity index (χ0v) is 16.0. The van der Waals surface area contributed by atoms with E-state index in [9.17, 15) is 4.79 Å². The number of methoxy groups -OCH3 is 1. The van der Waals surface area contributed by atoms with Crippen molar-refractivity contribution in [3.8, 4) is 5.75 Å². The van der Waals surface area contributed by atoms with Gasteiger partial charge in [-0.2, -0.15) is 0 Å². The Morgan fingerprint density at radius 2 is 2.04 bits per heavy atom. The Labute approximate surface area is 161 Å². The summed E-state index contributed by atoms with van der Waals surface area (Å²) in [5, 5.41) is 12.9. The number of amides is 1. The third-order valence-corrected chi connectivity index (χ3v) is 4.66. The number of nitrogens with one attached hydrogen (secondary N) is 1. The van der Waals surface area contributed by atoms with Crippen LogP contribution >= 0.6 is 11.3 Å². The summed E-state index contributed by atoms with van der Waals surface area (Å²) in [5.74, 6) is 1.88. The monoisotopic (exact) mass is 386 g/mol. The van der Waals surface area contributed by atoms with Gasteiger partial charge in [0.05, 0.1) is 18.3 Å². The van der Waals surface area contributed by atoms with Gasteiger partial charge in [-0.1, -0.05) is 12.1 Å². The molecule has 0 aliphatic rings. The number of hydrogen-bond donors (Lipinski definition) is 1. The normalized spacial score (nSPS) is 10.7. The number of nitrogens with zero attached hydrogens (tertiary/aromatic N) is 3. The molecule has 8 heteroatoms. The molecule has 0 atom stereocenters. The van der Waals surface area contributed by atoms with Crippen LogP contribution in [-0.2, 0) is 30.5 Å². The molecule has 3 aromatic rings. The molecule has 2 aromatic heterocycles. The summed E-state index contributed by atoms with van der Waals surface area (Å²) in [5.41, 5.74) is 3.94. The molecule has 1 amide bonds. The summed E-state index contributed by atoms with van der Waals surface area (Å²) < 4.78 is 10.9. The van der Waals surface area contributed by atoms with Crippen LogP contribution in [-0.4, -0.2) is 34.7 Å². The molecule has 0 bridgehead atoms.